The minimum absolute atomic E-state index is 0.144. The van der Waals surface area contributed by atoms with Crippen LogP contribution in [0.5, 0.6) is 0 Å². The molecule has 0 amide bonds. The van der Waals surface area contributed by atoms with E-state index >= 15 is 0 Å². The fourth-order valence-electron chi connectivity index (χ4n) is 0.832. The van der Waals surface area contributed by atoms with Crippen molar-refractivity contribution in [2.24, 2.45) is 0 Å². The number of nitrogens with zero attached hydrogens (tertiary/aromatic N) is 3. The van der Waals surface area contributed by atoms with Crippen LogP contribution in [-0.4, -0.2) is 21.2 Å². The highest BCUT2D eigenvalue weighted by Crippen LogP contribution is 2.10. The summed E-state index contributed by atoms with van der Waals surface area (Å²) in [5.41, 5.74) is 0. The molecule has 0 radical (unpaired) electrons. The summed E-state index contributed by atoms with van der Waals surface area (Å²) in [6.07, 6.45) is 1.17. The van der Waals surface area contributed by atoms with Gasteiger partial charge in [-0.1, -0.05) is 0 Å². The molecule has 12 heavy (non-hydrogen) atoms. The third-order valence-electron chi connectivity index (χ3n) is 1.31. The molecule has 0 aliphatic carbocycles. The van der Waals surface area contributed by atoms with Gasteiger partial charge in [0.1, 0.15) is 12.8 Å². The van der Waals surface area contributed by atoms with Crippen molar-refractivity contribution < 1.29 is 9.76 Å². The summed E-state index contributed by atoms with van der Waals surface area (Å²) in [4.78, 5) is 18.6. The number of nitro groups is 1. The van der Waals surface area contributed by atoms with Crippen molar-refractivity contribution in [1.82, 2.24) is 9.71 Å². The molecule has 0 saturated heterocycles. The second-order valence-corrected chi connectivity index (χ2v) is 2.13. The first-order chi connectivity index (χ1) is 5.66. The summed E-state index contributed by atoms with van der Waals surface area (Å²) in [5.74, 6) is 0.331. The molecule has 0 spiro atoms. The summed E-state index contributed by atoms with van der Waals surface area (Å²) in [5, 5.41) is 10.4. The van der Waals surface area contributed by atoms with Gasteiger partial charge in [-0.25, -0.2) is 4.98 Å². The van der Waals surface area contributed by atoms with Crippen LogP contribution >= 0.6 is 0 Å². The molecule has 1 rings (SSSR count). The number of hydrogen-bond donors (Lipinski definition) is 0. The Morgan fingerprint density at radius 3 is 3.00 bits per heavy atom. The quantitative estimate of drug-likeness (QED) is 0.491. The zero-order chi connectivity index (χ0) is 9.14. The van der Waals surface area contributed by atoms with Gasteiger partial charge in [-0.3, -0.25) is 0 Å². The van der Waals surface area contributed by atoms with Gasteiger partial charge < -0.3 is 15.0 Å². The van der Waals surface area contributed by atoms with Crippen LogP contribution in [0.15, 0.2) is 6.20 Å². The first-order valence-electron chi connectivity index (χ1n) is 3.48. The van der Waals surface area contributed by atoms with Crippen LogP contribution in [0.4, 0.5) is 5.82 Å². The fourth-order valence-corrected chi connectivity index (χ4v) is 0.832. The lowest BCUT2D eigenvalue weighted by molar-refractivity contribution is -0.396. The second-order valence-electron chi connectivity index (χ2n) is 2.13. The minimum Gasteiger partial charge on any atom is -0.358 e. The number of imidazole rings is 1. The van der Waals surface area contributed by atoms with Crippen molar-refractivity contribution in [3.63, 3.8) is 0 Å². The van der Waals surface area contributed by atoms with E-state index < -0.39 is 4.92 Å². The average Bonchev–Trinajstić information content (AvgIpc) is 2.34. The summed E-state index contributed by atoms with van der Waals surface area (Å²) in [7, 11) is 0. The first kappa shape index (κ1) is 8.51. The largest absolute Gasteiger partial charge is 0.381 e. The molecule has 66 valence electrons. The molecule has 0 atom stereocenters. The van der Waals surface area contributed by atoms with Crippen LogP contribution in [0.3, 0.4) is 0 Å². The molecular formula is C6H9N3O3. The summed E-state index contributed by atoms with van der Waals surface area (Å²) in [6, 6.07) is 0. The number of hydrogen-bond acceptors (Lipinski definition) is 4. The van der Waals surface area contributed by atoms with Crippen LogP contribution in [0.2, 0.25) is 0 Å². The summed E-state index contributed by atoms with van der Waals surface area (Å²) < 4.78 is 1.11. The zero-order valence-corrected chi connectivity index (χ0v) is 6.85. The normalized spacial score (nSPS) is 9.83. The van der Waals surface area contributed by atoms with Crippen LogP contribution in [0, 0.1) is 17.0 Å². The van der Waals surface area contributed by atoms with Gasteiger partial charge in [0.05, 0.1) is 0 Å². The van der Waals surface area contributed by atoms with Gasteiger partial charge in [-0.15, -0.1) is 0 Å². The van der Waals surface area contributed by atoms with E-state index in [1.807, 2.05) is 0 Å². The van der Waals surface area contributed by atoms with E-state index in [0.29, 0.717) is 12.4 Å². The highest BCUT2D eigenvalue weighted by molar-refractivity contribution is 5.16. The minimum atomic E-state index is -0.532. The van der Waals surface area contributed by atoms with Crippen molar-refractivity contribution in [3.05, 3.63) is 22.1 Å². The van der Waals surface area contributed by atoms with Crippen LogP contribution in [-0.2, 0) is 0 Å². The van der Waals surface area contributed by atoms with Gasteiger partial charge in [0.25, 0.3) is 0 Å². The van der Waals surface area contributed by atoms with E-state index in [4.69, 9.17) is 4.84 Å². The van der Waals surface area contributed by atoms with Gasteiger partial charge in [-0.2, -0.15) is 0 Å². The Bertz CT molecular complexity index is 294. The molecule has 1 heterocycles. The highest BCUT2D eigenvalue weighted by atomic mass is 16.7. The van der Waals surface area contributed by atoms with E-state index in [2.05, 4.69) is 4.98 Å². The van der Waals surface area contributed by atoms with Crippen LogP contribution in [0.25, 0.3) is 0 Å². The highest BCUT2D eigenvalue weighted by Gasteiger charge is 2.18. The van der Waals surface area contributed by atoms with Gasteiger partial charge in [0.15, 0.2) is 0 Å². The van der Waals surface area contributed by atoms with Gasteiger partial charge in [0, 0.05) is 6.92 Å². The Labute approximate surface area is 68.9 Å². The Morgan fingerprint density at radius 1 is 1.83 bits per heavy atom. The van der Waals surface area contributed by atoms with Gasteiger partial charge in [-0.05, 0) is 16.6 Å². The fraction of sp³-hybridized carbons (Fsp3) is 0.500. The Kier molecular flexibility index (Phi) is 2.27. The molecule has 0 bridgehead atoms. The Morgan fingerprint density at radius 2 is 2.50 bits per heavy atom. The second kappa shape index (κ2) is 3.21. The molecule has 6 nitrogen and oxygen atoms in total. The van der Waals surface area contributed by atoms with Gasteiger partial charge >= 0.3 is 5.82 Å². The molecule has 1 aromatic heterocycles. The van der Waals surface area contributed by atoms with Crippen molar-refractivity contribution in [1.29, 1.82) is 0 Å². The summed E-state index contributed by atoms with van der Waals surface area (Å²) in [6.45, 7) is 3.77. The smallest absolute Gasteiger partial charge is 0.358 e. The first-order valence-corrected chi connectivity index (χ1v) is 3.48. The van der Waals surface area contributed by atoms with Crippen molar-refractivity contribution in [2.45, 2.75) is 13.8 Å². The van der Waals surface area contributed by atoms with E-state index in [1.54, 1.807) is 13.8 Å². The molecule has 0 aliphatic rings. The van der Waals surface area contributed by atoms with Crippen molar-refractivity contribution in [3.8, 4) is 0 Å². The van der Waals surface area contributed by atoms with Gasteiger partial charge in [0.2, 0.25) is 5.82 Å². The zero-order valence-electron chi connectivity index (χ0n) is 6.85. The number of aryl methyl sites for hydroxylation is 1. The topological polar surface area (TPSA) is 70.2 Å². The average molecular weight is 171 g/mol. The third-order valence-corrected chi connectivity index (χ3v) is 1.31. The maximum absolute atomic E-state index is 10.4. The molecular weight excluding hydrogens is 162 g/mol. The van der Waals surface area contributed by atoms with Crippen LogP contribution < -0.4 is 4.84 Å². The van der Waals surface area contributed by atoms with E-state index in [9.17, 15) is 10.1 Å². The molecule has 0 aliphatic heterocycles. The molecule has 0 saturated carbocycles. The SMILES string of the molecule is CCOn1c([N+](=O)[O-])cnc1C. The predicted molar refractivity (Wildman–Crippen MR) is 40.7 cm³/mol. The maximum atomic E-state index is 10.4. The van der Waals surface area contributed by atoms with Crippen molar-refractivity contribution in [2.75, 3.05) is 6.61 Å². The monoisotopic (exact) mass is 171 g/mol. The summed E-state index contributed by atoms with van der Waals surface area (Å²) >= 11 is 0. The maximum Gasteiger partial charge on any atom is 0.381 e. The van der Waals surface area contributed by atoms with E-state index in [-0.39, 0.29) is 5.82 Å². The predicted octanol–water partition coefficient (Wildman–Crippen LogP) is 0.548. The van der Waals surface area contributed by atoms with E-state index in [1.165, 1.54) is 6.20 Å². The standard InChI is InChI=1S/C6H9N3O3/c1-3-12-8-5(2)7-4-6(8)9(10)11/h4H,3H2,1-2H3. The molecule has 6 heteroatoms. The molecule has 0 N–H and O–H groups in total. The lowest BCUT2D eigenvalue weighted by atomic mass is 10.7. The number of aromatic nitrogens is 2. The number of rotatable bonds is 3. The van der Waals surface area contributed by atoms with Crippen LogP contribution in [0.1, 0.15) is 12.7 Å². The molecule has 0 aromatic carbocycles. The van der Waals surface area contributed by atoms with E-state index in [0.717, 1.165) is 4.73 Å². The molecule has 1 aromatic rings. The third kappa shape index (κ3) is 1.36. The Hall–Kier alpha value is -1.59. The lowest BCUT2D eigenvalue weighted by Gasteiger charge is -1.99. The Balaban J connectivity index is 3.03. The molecule has 0 unspecified atom stereocenters. The molecule has 0 fully saturated rings. The van der Waals surface area contributed by atoms with Crippen molar-refractivity contribution >= 4 is 5.82 Å². The lowest BCUT2D eigenvalue weighted by Crippen LogP contribution is -2.14.